The van der Waals surface area contributed by atoms with Crippen LogP contribution in [0.1, 0.15) is 43.4 Å². The number of ether oxygens (including phenoxy) is 2. The van der Waals surface area contributed by atoms with E-state index in [1.807, 2.05) is 38.2 Å². The Labute approximate surface area is 170 Å². The maximum atomic E-state index is 11.9. The highest BCUT2D eigenvalue weighted by Crippen LogP contribution is 2.34. The van der Waals surface area contributed by atoms with Crippen molar-refractivity contribution < 1.29 is 19.1 Å². The lowest BCUT2D eigenvalue weighted by molar-refractivity contribution is -0.152. The molecule has 6 heteroatoms. The molecule has 0 fully saturated rings. The van der Waals surface area contributed by atoms with E-state index >= 15 is 0 Å². The first-order valence-corrected chi connectivity index (χ1v) is 9.68. The Bertz CT molecular complexity index is 1040. The zero-order valence-electron chi connectivity index (χ0n) is 17.4. The Morgan fingerprint density at radius 3 is 2.41 bits per heavy atom. The third-order valence-corrected chi connectivity index (χ3v) is 4.71. The maximum Gasteiger partial charge on any atom is 0.397 e. The molecular formula is C23H26N2O4. The predicted molar refractivity (Wildman–Crippen MR) is 114 cm³/mol. The van der Waals surface area contributed by atoms with Gasteiger partial charge in [0.1, 0.15) is 11.5 Å². The van der Waals surface area contributed by atoms with Gasteiger partial charge < -0.3 is 19.8 Å². The first-order valence-electron chi connectivity index (χ1n) is 9.68. The molecule has 1 heterocycles. The van der Waals surface area contributed by atoms with E-state index in [2.05, 4.69) is 24.1 Å². The number of anilines is 1. The SMILES string of the molecule is CCOC(=O)C(=O)Nc1cc(C)c(Oc2ccc3[nH]cc(C(C)C)c3c2)c(C)c1. The number of hydrogen-bond acceptors (Lipinski definition) is 4. The summed E-state index contributed by atoms with van der Waals surface area (Å²) in [6.45, 7) is 9.93. The van der Waals surface area contributed by atoms with E-state index in [1.165, 1.54) is 5.56 Å². The van der Waals surface area contributed by atoms with Gasteiger partial charge in [-0.05, 0) is 73.7 Å². The number of nitrogens with one attached hydrogen (secondary N) is 2. The molecule has 3 aromatic rings. The fourth-order valence-corrected chi connectivity index (χ4v) is 3.34. The molecule has 0 bridgehead atoms. The standard InChI is InChI=1S/C23H26N2O4/c1-6-28-23(27)22(26)25-16-9-14(4)21(15(5)10-16)29-17-7-8-20-18(11-17)19(12-24-20)13(2)3/h7-13,24H,6H2,1-5H3,(H,25,26). The Balaban J connectivity index is 1.85. The summed E-state index contributed by atoms with van der Waals surface area (Å²) in [5.41, 5.74) is 4.54. The van der Waals surface area contributed by atoms with Crippen molar-refractivity contribution in [3.63, 3.8) is 0 Å². The second-order valence-corrected chi connectivity index (χ2v) is 7.32. The molecule has 29 heavy (non-hydrogen) atoms. The first-order chi connectivity index (χ1) is 13.8. The molecule has 0 saturated carbocycles. The highest BCUT2D eigenvalue weighted by molar-refractivity contribution is 6.37. The quantitative estimate of drug-likeness (QED) is 0.460. The van der Waals surface area contributed by atoms with Gasteiger partial charge in [0, 0.05) is 22.8 Å². The number of benzene rings is 2. The highest BCUT2D eigenvalue weighted by Gasteiger charge is 2.17. The third-order valence-electron chi connectivity index (χ3n) is 4.71. The summed E-state index contributed by atoms with van der Waals surface area (Å²) < 4.78 is 10.9. The van der Waals surface area contributed by atoms with Crippen LogP contribution in [0.4, 0.5) is 5.69 Å². The molecule has 3 rings (SSSR count). The van der Waals surface area contributed by atoms with Crippen molar-refractivity contribution in [3.8, 4) is 11.5 Å². The Kier molecular flexibility index (Phi) is 5.92. The molecule has 0 aliphatic rings. The summed E-state index contributed by atoms with van der Waals surface area (Å²) in [5.74, 6) is 0.181. The van der Waals surface area contributed by atoms with Crippen LogP contribution < -0.4 is 10.1 Å². The minimum absolute atomic E-state index is 0.154. The molecular weight excluding hydrogens is 368 g/mol. The minimum Gasteiger partial charge on any atom is -0.459 e. The van der Waals surface area contributed by atoms with E-state index in [9.17, 15) is 9.59 Å². The van der Waals surface area contributed by atoms with Gasteiger partial charge in [-0.15, -0.1) is 0 Å². The van der Waals surface area contributed by atoms with Crippen molar-refractivity contribution in [2.75, 3.05) is 11.9 Å². The van der Waals surface area contributed by atoms with Crippen LogP contribution in [0.2, 0.25) is 0 Å². The van der Waals surface area contributed by atoms with Crippen molar-refractivity contribution in [1.82, 2.24) is 4.98 Å². The molecule has 0 unspecified atom stereocenters. The molecule has 2 N–H and O–H groups in total. The lowest BCUT2D eigenvalue weighted by atomic mass is 10.0. The van der Waals surface area contributed by atoms with E-state index in [0.717, 1.165) is 33.5 Å². The third kappa shape index (κ3) is 4.42. The maximum absolute atomic E-state index is 11.9. The molecule has 1 amide bonds. The summed E-state index contributed by atoms with van der Waals surface area (Å²) in [4.78, 5) is 26.7. The molecule has 152 valence electrons. The van der Waals surface area contributed by atoms with Gasteiger partial charge in [-0.3, -0.25) is 4.79 Å². The number of aromatic nitrogens is 1. The fourth-order valence-electron chi connectivity index (χ4n) is 3.34. The number of fused-ring (bicyclic) bond motifs is 1. The van der Waals surface area contributed by atoms with Gasteiger partial charge >= 0.3 is 11.9 Å². The molecule has 0 atom stereocenters. The van der Waals surface area contributed by atoms with Crippen LogP contribution in [0.15, 0.2) is 36.5 Å². The van der Waals surface area contributed by atoms with Crippen molar-refractivity contribution in [1.29, 1.82) is 0 Å². The highest BCUT2D eigenvalue weighted by atomic mass is 16.5. The Hall–Kier alpha value is -3.28. The van der Waals surface area contributed by atoms with Gasteiger partial charge in [0.2, 0.25) is 0 Å². The molecule has 6 nitrogen and oxygen atoms in total. The second-order valence-electron chi connectivity index (χ2n) is 7.32. The van der Waals surface area contributed by atoms with E-state index in [-0.39, 0.29) is 6.61 Å². The predicted octanol–water partition coefficient (Wildman–Crippen LogP) is 5.20. The second kappa shape index (κ2) is 8.39. The molecule has 0 saturated heterocycles. The zero-order chi connectivity index (χ0) is 21.1. The van der Waals surface area contributed by atoms with Gasteiger partial charge in [-0.1, -0.05) is 13.8 Å². The van der Waals surface area contributed by atoms with Gasteiger partial charge in [0.05, 0.1) is 6.61 Å². The number of amides is 1. The van der Waals surface area contributed by atoms with Crippen LogP contribution in [0.25, 0.3) is 10.9 Å². The van der Waals surface area contributed by atoms with E-state index in [0.29, 0.717) is 11.6 Å². The smallest absolute Gasteiger partial charge is 0.397 e. The zero-order valence-corrected chi connectivity index (χ0v) is 17.4. The molecule has 0 aliphatic carbocycles. The largest absolute Gasteiger partial charge is 0.459 e. The molecule has 0 aliphatic heterocycles. The number of aromatic amines is 1. The Morgan fingerprint density at radius 2 is 1.79 bits per heavy atom. The molecule has 2 aromatic carbocycles. The molecule has 0 radical (unpaired) electrons. The van der Waals surface area contributed by atoms with Crippen molar-refractivity contribution in [2.45, 2.75) is 40.5 Å². The topological polar surface area (TPSA) is 80.4 Å². The minimum atomic E-state index is -0.899. The van der Waals surface area contributed by atoms with Gasteiger partial charge in [0.25, 0.3) is 0 Å². The van der Waals surface area contributed by atoms with Crippen LogP contribution in [-0.2, 0) is 14.3 Å². The number of carbonyl (C=O) groups excluding carboxylic acids is 2. The van der Waals surface area contributed by atoms with Crippen LogP contribution in [-0.4, -0.2) is 23.5 Å². The summed E-state index contributed by atoms with van der Waals surface area (Å²) in [5, 5.41) is 3.71. The summed E-state index contributed by atoms with van der Waals surface area (Å²) in [6.07, 6.45) is 2.04. The van der Waals surface area contributed by atoms with Crippen LogP contribution in [0, 0.1) is 13.8 Å². The number of esters is 1. The van der Waals surface area contributed by atoms with Gasteiger partial charge in [-0.2, -0.15) is 0 Å². The number of aryl methyl sites for hydroxylation is 2. The number of rotatable bonds is 5. The summed E-state index contributed by atoms with van der Waals surface area (Å²) >= 11 is 0. The van der Waals surface area contributed by atoms with Crippen LogP contribution in [0.5, 0.6) is 11.5 Å². The average Bonchev–Trinajstić information content (AvgIpc) is 3.08. The summed E-state index contributed by atoms with van der Waals surface area (Å²) in [6, 6.07) is 9.52. The first kappa shape index (κ1) is 20.5. The van der Waals surface area contributed by atoms with Gasteiger partial charge in [0.15, 0.2) is 0 Å². The van der Waals surface area contributed by atoms with Crippen LogP contribution >= 0.6 is 0 Å². The normalized spacial score (nSPS) is 11.0. The van der Waals surface area contributed by atoms with Crippen molar-refractivity contribution in [2.24, 2.45) is 0 Å². The monoisotopic (exact) mass is 394 g/mol. The van der Waals surface area contributed by atoms with Crippen LogP contribution in [0.3, 0.4) is 0 Å². The van der Waals surface area contributed by atoms with E-state index < -0.39 is 11.9 Å². The number of H-pyrrole nitrogens is 1. The van der Waals surface area contributed by atoms with E-state index in [4.69, 9.17) is 9.47 Å². The van der Waals surface area contributed by atoms with E-state index in [1.54, 1.807) is 19.1 Å². The van der Waals surface area contributed by atoms with Crippen molar-refractivity contribution in [3.05, 3.63) is 53.2 Å². The lowest BCUT2D eigenvalue weighted by Crippen LogP contribution is -2.25. The molecule has 1 aromatic heterocycles. The number of carbonyl (C=O) groups is 2. The van der Waals surface area contributed by atoms with Crippen molar-refractivity contribution >= 4 is 28.5 Å². The fraction of sp³-hybridized carbons (Fsp3) is 0.304. The lowest BCUT2D eigenvalue weighted by Gasteiger charge is -2.15. The average molecular weight is 394 g/mol. The molecule has 0 spiro atoms. The van der Waals surface area contributed by atoms with Gasteiger partial charge in [-0.25, -0.2) is 4.79 Å². The summed E-state index contributed by atoms with van der Waals surface area (Å²) in [7, 11) is 0. The number of hydrogen-bond donors (Lipinski definition) is 2. The Morgan fingerprint density at radius 1 is 1.10 bits per heavy atom.